The molecule has 0 aliphatic heterocycles. The van der Waals surface area contributed by atoms with Gasteiger partial charge in [0.25, 0.3) is 0 Å². The summed E-state index contributed by atoms with van der Waals surface area (Å²) >= 11 is 3.18. The fourth-order valence-corrected chi connectivity index (χ4v) is 2.02. The first-order valence-electron chi connectivity index (χ1n) is 7.52. The lowest BCUT2D eigenvalue weighted by Gasteiger charge is -2.10. The average molecular weight is 391 g/mol. The van der Waals surface area contributed by atoms with Crippen LogP contribution in [0.1, 0.15) is 45.0 Å². The van der Waals surface area contributed by atoms with Gasteiger partial charge in [0.15, 0.2) is 12.5 Å². The van der Waals surface area contributed by atoms with E-state index >= 15 is 0 Å². The molecule has 6 nitrogen and oxygen atoms in total. The fraction of sp³-hybridized carbons (Fsp3) is 0.625. The Bertz CT molecular complexity index is 461. The maximum Gasteiger partial charge on any atom is 0.342 e. The van der Waals surface area contributed by atoms with Crippen LogP contribution >= 0.6 is 15.9 Å². The molecule has 0 saturated heterocycles. The molecule has 7 heteroatoms. The largest absolute Gasteiger partial charge is 0.465 e. The van der Waals surface area contributed by atoms with Gasteiger partial charge in [0.2, 0.25) is 0 Å². The van der Waals surface area contributed by atoms with E-state index in [4.69, 9.17) is 14.2 Å². The van der Waals surface area contributed by atoms with Crippen molar-refractivity contribution in [1.29, 1.82) is 0 Å². The molecule has 0 unspecified atom stereocenters. The van der Waals surface area contributed by atoms with Gasteiger partial charge in [0.05, 0.1) is 12.8 Å². The van der Waals surface area contributed by atoms with Gasteiger partial charge in [-0.25, -0.2) is 9.78 Å². The van der Waals surface area contributed by atoms with Crippen molar-refractivity contribution in [2.75, 3.05) is 20.5 Å². The number of pyridine rings is 1. The maximum atomic E-state index is 11.6. The molecule has 1 N–H and O–H groups in total. The van der Waals surface area contributed by atoms with Crippen LogP contribution in [0.4, 0.5) is 0 Å². The summed E-state index contributed by atoms with van der Waals surface area (Å²) < 4.78 is 15.4. The average Bonchev–Trinajstić information content (AvgIpc) is 2.45. The fourth-order valence-electron chi connectivity index (χ4n) is 1.69. The highest BCUT2D eigenvalue weighted by molar-refractivity contribution is 9.10. The van der Waals surface area contributed by atoms with E-state index in [-0.39, 0.29) is 6.79 Å². The smallest absolute Gasteiger partial charge is 0.342 e. The van der Waals surface area contributed by atoms with Crippen molar-refractivity contribution in [2.24, 2.45) is 0 Å². The first-order chi connectivity index (χ1) is 10.8. The number of methoxy groups -OCH3 is 1. The van der Waals surface area contributed by atoms with E-state index in [1.165, 1.54) is 13.3 Å². The first kappa shape index (κ1) is 21.8. The summed E-state index contributed by atoms with van der Waals surface area (Å²) in [5.74, 6) is -0.111. The summed E-state index contributed by atoms with van der Waals surface area (Å²) in [6.07, 6.45) is 1.44. The molecule has 0 saturated carbocycles. The van der Waals surface area contributed by atoms with Gasteiger partial charge >= 0.3 is 5.97 Å². The number of aromatic nitrogens is 1. The zero-order valence-electron chi connectivity index (χ0n) is 14.7. The van der Waals surface area contributed by atoms with E-state index in [1.54, 1.807) is 13.0 Å². The molecule has 0 radical (unpaired) electrons. The Morgan fingerprint density at radius 2 is 1.91 bits per heavy atom. The Labute approximate surface area is 147 Å². The van der Waals surface area contributed by atoms with Gasteiger partial charge in [-0.3, -0.25) is 0 Å². The number of ether oxygens (including phenoxy) is 3. The van der Waals surface area contributed by atoms with Crippen LogP contribution in [0.3, 0.4) is 0 Å². The molecular formula is C16H27BrN2O4. The molecule has 0 aromatic carbocycles. The lowest BCUT2D eigenvalue weighted by Crippen LogP contribution is -2.29. The van der Waals surface area contributed by atoms with Crippen LogP contribution in [0.2, 0.25) is 0 Å². The minimum absolute atomic E-state index is 0.0513. The van der Waals surface area contributed by atoms with Crippen LogP contribution in [-0.2, 0) is 9.47 Å². The van der Waals surface area contributed by atoms with E-state index in [0.29, 0.717) is 34.6 Å². The van der Waals surface area contributed by atoms with Crippen molar-refractivity contribution in [3.05, 3.63) is 22.4 Å². The predicted molar refractivity (Wildman–Crippen MR) is 93.8 cm³/mol. The van der Waals surface area contributed by atoms with Crippen molar-refractivity contribution >= 4 is 21.9 Å². The van der Waals surface area contributed by atoms with Gasteiger partial charge in [-0.1, -0.05) is 27.7 Å². The maximum absolute atomic E-state index is 11.6. The quantitative estimate of drug-likeness (QED) is 0.437. The molecule has 1 rings (SSSR count). The third kappa shape index (κ3) is 10.3. The summed E-state index contributed by atoms with van der Waals surface area (Å²) in [5, 5.41) is 3.31. The van der Waals surface area contributed by atoms with Crippen LogP contribution in [0.15, 0.2) is 16.9 Å². The lowest BCUT2D eigenvalue weighted by molar-refractivity contribution is 0.0436. The molecule has 0 bridgehead atoms. The van der Waals surface area contributed by atoms with Crippen LogP contribution in [0.5, 0.6) is 5.75 Å². The summed E-state index contributed by atoms with van der Waals surface area (Å²) in [6.45, 7) is 10.7. The number of hydrogen-bond acceptors (Lipinski definition) is 6. The Kier molecular flexibility index (Phi) is 11.6. The topological polar surface area (TPSA) is 69.7 Å². The van der Waals surface area contributed by atoms with Crippen LogP contribution in [-0.4, -0.2) is 43.5 Å². The third-order valence-electron chi connectivity index (χ3n) is 2.33. The number of nitrogens with zero attached hydrogens (tertiary/aromatic N) is 1. The molecule has 0 fully saturated rings. The van der Waals surface area contributed by atoms with E-state index in [9.17, 15) is 4.79 Å². The Hall–Kier alpha value is -1.18. The Balaban J connectivity index is 0.000000585. The number of hydrogen-bond donors (Lipinski definition) is 1. The number of rotatable bonds is 7. The molecule has 1 aromatic heterocycles. The van der Waals surface area contributed by atoms with Gasteiger partial charge in [-0.2, -0.15) is 0 Å². The van der Waals surface area contributed by atoms with Crippen LogP contribution in [0, 0.1) is 0 Å². The first-order valence-corrected chi connectivity index (χ1v) is 8.31. The van der Waals surface area contributed by atoms with Gasteiger partial charge in [0, 0.05) is 19.2 Å². The third-order valence-corrected chi connectivity index (χ3v) is 2.76. The minimum Gasteiger partial charge on any atom is -0.465 e. The molecule has 23 heavy (non-hydrogen) atoms. The number of halogens is 1. The summed E-state index contributed by atoms with van der Waals surface area (Å²) in [7, 11) is 1.50. The normalized spacial score (nSPS) is 10.3. The monoisotopic (exact) mass is 390 g/mol. The van der Waals surface area contributed by atoms with Crippen molar-refractivity contribution in [3.63, 3.8) is 0 Å². The van der Waals surface area contributed by atoms with E-state index < -0.39 is 5.97 Å². The number of carbonyl (C=O) groups excluding carboxylic acids is 1. The van der Waals surface area contributed by atoms with Crippen molar-refractivity contribution in [2.45, 2.75) is 46.7 Å². The Morgan fingerprint density at radius 1 is 1.30 bits per heavy atom. The van der Waals surface area contributed by atoms with Crippen molar-refractivity contribution in [1.82, 2.24) is 10.3 Å². The van der Waals surface area contributed by atoms with Crippen molar-refractivity contribution < 1.29 is 19.0 Å². The predicted octanol–water partition coefficient (Wildman–Crippen LogP) is 3.40. The zero-order chi connectivity index (χ0) is 17.8. The number of carbonyl (C=O) groups is 1. The SMILES string of the molecule is CC(C)NC(C)C.CCOC(=O)c1cc(Br)ncc1OCOC. The molecule has 132 valence electrons. The second-order valence-corrected chi connectivity index (χ2v) is 6.06. The van der Waals surface area contributed by atoms with E-state index in [1.807, 2.05) is 0 Å². The molecule has 0 spiro atoms. The van der Waals surface area contributed by atoms with Crippen molar-refractivity contribution in [3.8, 4) is 5.75 Å². The molecule has 0 aliphatic rings. The molecule has 0 atom stereocenters. The van der Waals surface area contributed by atoms with Gasteiger partial charge in [0.1, 0.15) is 10.2 Å². The van der Waals surface area contributed by atoms with Crippen LogP contribution in [0.25, 0.3) is 0 Å². The summed E-state index contributed by atoms with van der Waals surface area (Å²) in [5.41, 5.74) is 0.320. The molecule has 1 aromatic rings. The Morgan fingerprint density at radius 3 is 2.35 bits per heavy atom. The molecule has 1 heterocycles. The van der Waals surface area contributed by atoms with Gasteiger partial charge in [-0.15, -0.1) is 0 Å². The number of esters is 1. The van der Waals surface area contributed by atoms with E-state index in [0.717, 1.165) is 0 Å². The van der Waals surface area contributed by atoms with E-state index in [2.05, 4.69) is 53.9 Å². The summed E-state index contributed by atoms with van der Waals surface area (Å²) in [4.78, 5) is 15.6. The van der Waals surface area contributed by atoms with Gasteiger partial charge < -0.3 is 19.5 Å². The zero-order valence-corrected chi connectivity index (χ0v) is 16.3. The standard InChI is InChI=1S/C10H12BrNO4.C6H15N/c1-3-15-10(13)7-4-9(11)12-5-8(7)16-6-14-2;1-5(2)7-6(3)4/h4-5H,3,6H2,1-2H3;5-7H,1-4H3. The minimum atomic E-state index is -0.447. The molecular weight excluding hydrogens is 364 g/mol. The highest BCUT2D eigenvalue weighted by Crippen LogP contribution is 2.21. The molecule has 0 aliphatic carbocycles. The second kappa shape index (κ2) is 12.3. The second-order valence-electron chi connectivity index (χ2n) is 5.25. The van der Waals surface area contributed by atoms with Crippen LogP contribution < -0.4 is 10.1 Å². The highest BCUT2D eigenvalue weighted by Gasteiger charge is 2.15. The summed E-state index contributed by atoms with van der Waals surface area (Å²) in [6, 6.07) is 2.79. The van der Waals surface area contributed by atoms with Gasteiger partial charge in [-0.05, 0) is 28.9 Å². The highest BCUT2D eigenvalue weighted by atomic mass is 79.9. The lowest BCUT2D eigenvalue weighted by atomic mass is 10.2. The molecule has 0 amide bonds. The number of nitrogens with one attached hydrogen (secondary N) is 1.